The molecule has 0 amide bonds. The molecule has 1 fully saturated rings. The predicted octanol–water partition coefficient (Wildman–Crippen LogP) is 0.206. The van der Waals surface area contributed by atoms with Crippen LogP contribution >= 0.6 is 0 Å². The number of fused-ring (bicyclic) bond motifs is 2. The minimum absolute atomic E-state index is 0.184. The minimum atomic E-state index is -0.617. The van der Waals surface area contributed by atoms with Crippen LogP contribution in [0.25, 0.3) is 0 Å². The maximum atomic E-state index is 11.5. The number of esters is 2. The summed E-state index contributed by atoms with van der Waals surface area (Å²) in [6.45, 7) is 3.86. The van der Waals surface area contributed by atoms with E-state index in [4.69, 9.17) is 20.9 Å². The Balaban J connectivity index is 1.90. The lowest BCUT2D eigenvalue weighted by atomic mass is 9.84. The van der Waals surface area contributed by atoms with Crippen LogP contribution < -0.4 is 11.5 Å². The van der Waals surface area contributed by atoms with Crippen molar-refractivity contribution in [2.45, 2.75) is 32.4 Å². The van der Waals surface area contributed by atoms with E-state index in [1.807, 2.05) is 0 Å². The number of carbonyl (C=O) groups is 2. The highest BCUT2D eigenvalue weighted by Gasteiger charge is 2.45. The highest BCUT2D eigenvalue weighted by Crippen LogP contribution is 2.48. The van der Waals surface area contributed by atoms with Crippen molar-refractivity contribution in [3.8, 4) is 0 Å². The van der Waals surface area contributed by atoms with E-state index in [-0.39, 0.29) is 11.8 Å². The van der Waals surface area contributed by atoms with Crippen molar-refractivity contribution in [2.24, 2.45) is 35.1 Å². The van der Waals surface area contributed by atoms with Crippen LogP contribution in [-0.2, 0) is 19.1 Å². The third-order valence-corrected chi connectivity index (χ3v) is 4.38. The van der Waals surface area contributed by atoms with Crippen LogP contribution in [0.1, 0.15) is 20.3 Å². The molecule has 0 aromatic rings. The second-order valence-corrected chi connectivity index (χ2v) is 6.11. The summed E-state index contributed by atoms with van der Waals surface area (Å²) in [4.78, 5) is 23.0. The second kappa shape index (κ2) is 6.58. The lowest BCUT2D eigenvalue weighted by molar-refractivity contribution is -0.151. The van der Waals surface area contributed by atoms with Gasteiger partial charge in [-0.2, -0.15) is 0 Å². The zero-order valence-electron chi connectivity index (χ0n) is 12.5. The average molecular weight is 296 g/mol. The molecule has 0 aromatic carbocycles. The molecule has 21 heavy (non-hydrogen) atoms. The molecule has 0 aliphatic heterocycles. The average Bonchev–Trinajstić information content (AvgIpc) is 3.02. The molecule has 6 atom stereocenters. The Kier molecular flexibility index (Phi) is 5.00. The van der Waals surface area contributed by atoms with Gasteiger partial charge in [-0.15, -0.1) is 0 Å². The van der Waals surface area contributed by atoms with E-state index in [2.05, 4.69) is 12.2 Å². The summed E-state index contributed by atoms with van der Waals surface area (Å²) in [5.41, 5.74) is 11.0. The lowest BCUT2D eigenvalue weighted by Crippen LogP contribution is -2.35. The zero-order valence-corrected chi connectivity index (χ0v) is 12.5. The topological polar surface area (TPSA) is 105 Å². The molecule has 6 heteroatoms. The molecular formula is C15H24N2O4. The van der Waals surface area contributed by atoms with E-state index in [1.165, 1.54) is 0 Å². The van der Waals surface area contributed by atoms with Gasteiger partial charge in [0.15, 0.2) is 0 Å². The van der Waals surface area contributed by atoms with Crippen molar-refractivity contribution in [1.29, 1.82) is 0 Å². The van der Waals surface area contributed by atoms with Crippen molar-refractivity contribution < 1.29 is 19.1 Å². The number of rotatable bonds is 6. The Hall–Kier alpha value is -1.40. The summed E-state index contributed by atoms with van der Waals surface area (Å²) in [6, 6.07) is -1.23. The smallest absolute Gasteiger partial charge is 0.322 e. The van der Waals surface area contributed by atoms with Crippen molar-refractivity contribution in [2.75, 3.05) is 13.2 Å². The summed E-state index contributed by atoms with van der Waals surface area (Å²) in [6.07, 6.45) is 5.36. The van der Waals surface area contributed by atoms with E-state index in [1.54, 1.807) is 13.8 Å². The second-order valence-electron chi connectivity index (χ2n) is 6.11. The zero-order chi connectivity index (χ0) is 15.6. The number of hydrogen-bond acceptors (Lipinski definition) is 6. The van der Waals surface area contributed by atoms with Gasteiger partial charge >= 0.3 is 11.9 Å². The van der Waals surface area contributed by atoms with Gasteiger partial charge in [0.25, 0.3) is 0 Å². The van der Waals surface area contributed by atoms with Crippen LogP contribution in [0.5, 0.6) is 0 Å². The highest BCUT2D eigenvalue weighted by molar-refractivity contribution is 5.75. The van der Waals surface area contributed by atoms with Gasteiger partial charge in [0.1, 0.15) is 12.1 Å². The van der Waals surface area contributed by atoms with Gasteiger partial charge in [-0.05, 0) is 32.1 Å². The molecule has 118 valence electrons. The summed E-state index contributed by atoms with van der Waals surface area (Å²) < 4.78 is 10.5. The molecule has 0 spiro atoms. The third kappa shape index (κ3) is 3.63. The first kappa shape index (κ1) is 16.0. The molecule has 2 rings (SSSR count). The first-order chi connectivity index (χ1) is 9.90. The van der Waals surface area contributed by atoms with Gasteiger partial charge in [0.2, 0.25) is 0 Å². The molecular weight excluding hydrogens is 272 g/mol. The summed E-state index contributed by atoms with van der Waals surface area (Å²) in [7, 11) is 0. The molecule has 0 saturated heterocycles. The van der Waals surface area contributed by atoms with E-state index >= 15 is 0 Å². The van der Waals surface area contributed by atoms with Gasteiger partial charge in [-0.25, -0.2) is 0 Å². The fraction of sp³-hybridized carbons (Fsp3) is 0.733. The van der Waals surface area contributed by atoms with Gasteiger partial charge < -0.3 is 20.9 Å². The summed E-state index contributed by atoms with van der Waals surface area (Å²) in [5.74, 6) is 0.345. The van der Waals surface area contributed by atoms with Crippen LogP contribution in [-0.4, -0.2) is 37.2 Å². The predicted molar refractivity (Wildman–Crippen MR) is 76.9 cm³/mol. The SMILES string of the molecule is C[C@H](N)C(=O)OC[C@@H]1[C@H](COC(=O)[C@H](C)N)[C@@H]2C=C[C@H]1C2. The Labute approximate surface area is 124 Å². The van der Waals surface area contributed by atoms with E-state index in [9.17, 15) is 9.59 Å². The molecule has 2 aliphatic rings. The molecule has 1 saturated carbocycles. The van der Waals surface area contributed by atoms with Crippen LogP contribution in [0.4, 0.5) is 0 Å². The molecule has 0 heterocycles. The first-order valence-corrected chi connectivity index (χ1v) is 7.43. The molecule has 0 radical (unpaired) electrons. The summed E-state index contributed by atoms with van der Waals surface area (Å²) in [5, 5.41) is 0. The minimum Gasteiger partial charge on any atom is -0.464 e. The number of hydrogen-bond donors (Lipinski definition) is 2. The number of ether oxygens (including phenoxy) is 2. The number of carbonyl (C=O) groups excluding carboxylic acids is 2. The molecule has 4 N–H and O–H groups in total. The van der Waals surface area contributed by atoms with Crippen LogP contribution in [0.3, 0.4) is 0 Å². The molecule has 2 bridgehead atoms. The monoisotopic (exact) mass is 296 g/mol. The standard InChI is InChI=1S/C15H24N2O4/c1-8(16)14(18)20-6-12-10-3-4-11(5-10)13(12)7-21-15(19)9(2)17/h3-4,8-13H,5-7,16-17H2,1-2H3/t8-,9-,10-,11+,12-,13+/m0/s1. The van der Waals surface area contributed by atoms with Gasteiger partial charge in [-0.3, -0.25) is 9.59 Å². The van der Waals surface area contributed by atoms with Gasteiger partial charge in [-0.1, -0.05) is 12.2 Å². The number of nitrogens with two attached hydrogens (primary N) is 2. The highest BCUT2D eigenvalue weighted by atomic mass is 16.5. The van der Waals surface area contributed by atoms with Crippen LogP contribution in [0.2, 0.25) is 0 Å². The van der Waals surface area contributed by atoms with Crippen molar-refractivity contribution in [3.05, 3.63) is 12.2 Å². The van der Waals surface area contributed by atoms with Crippen LogP contribution in [0, 0.1) is 23.7 Å². The van der Waals surface area contributed by atoms with Gasteiger partial charge in [0.05, 0.1) is 13.2 Å². The number of allylic oxidation sites excluding steroid dienone is 2. The van der Waals surface area contributed by atoms with Crippen LogP contribution in [0.15, 0.2) is 12.2 Å². The maximum absolute atomic E-state index is 11.5. The fourth-order valence-corrected chi connectivity index (χ4v) is 3.14. The Morgan fingerprint density at radius 1 is 1.00 bits per heavy atom. The molecule has 6 nitrogen and oxygen atoms in total. The third-order valence-electron chi connectivity index (χ3n) is 4.38. The maximum Gasteiger partial charge on any atom is 0.322 e. The Morgan fingerprint density at radius 3 is 1.71 bits per heavy atom. The lowest BCUT2D eigenvalue weighted by Gasteiger charge is -2.27. The van der Waals surface area contributed by atoms with Crippen molar-refractivity contribution in [3.63, 3.8) is 0 Å². The van der Waals surface area contributed by atoms with E-state index < -0.39 is 24.0 Å². The first-order valence-electron chi connectivity index (χ1n) is 7.43. The molecule has 0 unspecified atom stereocenters. The van der Waals surface area contributed by atoms with Gasteiger partial charge in [0, 0.05) is 11.8 Å². The Morgan fingerprint density at radius 2 is 1.38 bits per heavy atom. The Bertz CT molecular complexity index is 395. The molecule has 0 aromatic heterocycles. The largest absolute Gasteiger partial charge is 0.464 e. The van der Waals surface area contributed by atoms with Crippen molar-refractivity contribution in [1.82, 2.24) is 0 Å². The van der Waals surface area contributed by atoms with E-state index in [0.29, 0.717) is 25.0 Å². The van der Waals surface area contributed by atoms with Crippen molar-refractivity contribution >= 4 is 11.9 Å². The fourth-order valence-electron chi connectivity index (χ4n) is 3.14. The van der Waals surface area contributed by atoms with E-state index in [0.717, 1.165) is 6.42 Å². The normalized spacial score (nSPS) is 32.8. The summed E-state index contributed by atoms with van der Waals surface area (Å²) >= 11 is 0. The quantitative estimate of drug-likeness (QED) is 0.536. The molecule has 2 aliphatic carbocycles.